The molecule has 2 rings (SSSR count). The molecule has 2 saturated heterocycles. The van der Waals surface area contributed by atoms with Gasteiger partial charge in [0.15, 0.2) is 0 Å². The Morgan fingerprint density at radius 1 is 1.28 bits per heavy atom. The maximum absolute atomic E-state index is 11.9. The van der Waals surface area contributed by atoms with Crippen LogP contribution in [0, 0.1) is 0 Å². The van der Waals surface area contributed by atoms with Crippen LogP contribution in [0.2, 0.25) is 0 Å². The molecule has 0 spiro atoms. The van der Waals surface area contributed by atoms with Crippen LogP contribution in [0.5, 0.6) is 0 Å². The van der Waals surface area contributed by atoms with Gasteiger partial charge in [-0.15, -0.1) is 0 Å². The molecule has 2 fully saturated rings. The van der Waals surface area contributed by atoms with E-state index in [0.717, 1.165) is 25.9 Å². The summed E-state index contributed by atoms with van der Waals surface area (Å²) < 4.78 is 26.7. The summed E-state index contributed by atoms with van der Waals surface area (Å²) in [5, 5.41) is 3.05. The van der Waals surface area contributed by atoms with Gasteiger partial charge in [0, 0.05) is 18.6 Å². The Kier molecular flexibility index (Phi) is 5.00. The molecule has 2 atom stereocenters. The SMILES string of the molecule is CCNCCS(=O)(=O)NC1CCN2CCCC2C1. The molecule has 0 saturated carbocycles. The van der Waals surface area contributed by atoms with Gasteiger partial charge in [-0.05, 0) is 45.3 Å². The van der Waals surface area contributed by atoms with Crippen LogP contribution in [0.4, 0.5) is 0 Å². The third-order valence-electron chi connectivity index (χ3n) is 3.96. The molecule has 0 amide bonds. The molecule has 2 heterocycles. The second-order valence-corrected chi connectivity index (χ2v) is 7.22. The second-order valence-electron chi connectivity index (χ2n) is 5.34. The standard InChI is InChI=1S/C12H25N3O2S/c1-2-13-6-9-18(16,17)14-11-5-8-15-7-3-4-12(15)10-11/h11-14H,2-10H2,1H3. The van der Waals surface area contributed by atoms with E-state index in [1.807, 2.05) is 6.92 Å². The van der Waals surface area contributed by atoms with Gasteiger partial charge in [0.25, 0.3) is 0 Å². The Labute approximate surface area is 110 Å². The number of rotatable bonds is 6. The minimum Gasteiger partial charge on any atom is -0.316 e. The fraction of sp³-hybridized carbons (Fsp3) is 1.00. The van der Waals surface area contributed by atoms with Gasteiger partial charge < -0.3 is 10.2 Å². The second kappa shape index (κ2) is 6.32. The molecule has 6 heteroatoms. The largest absolute Gasteiger partial charge is 0.316 e. The van der Waals surface area contributed by atoms with Crippen LogP contribution in [-0.2, 0) is 10.0 Å². The van der Waals surface area contributed by atoms with E-state index in [-0.39, 0.29) is 11.8 Å². The Hall–Kier alpha value is -0.170. The van der Waals surface area contributed by atoms with Crippen molar-refractivity contribution in [3.05, 3.63) is 0 Å². The number of hydrogen-bond donors (Lipinski definition) is 2. The van der Waals surface area contributed by atoms with Crippen molar-refractivity contribution < 1.29 is 8.42 Å². The summed E-state index contributed by atoms with van der Waals surface area (Å²) in [6.45, 7) is 5.58. The van der Waals surface area contributed by atoms with Crippen molar-refractivity contribution in [3.8, 4) is 0 Å². The van der Waals surface area contributed by atoms with Gasteiger partial charge >= 0.3 is 0 Å². The van der Waals surface area contributed by atoms with Gasteiger partial charge in [-0.3, -0.25) is 0 Å². The van der Waals surface area contributed by atoms with E-state index in [1.165, 1.54) is 19.4 Å². The van der Waals surface area contributed by atoms with Gasteiger partial charge in [-0.2, -0.15) is 0 Å². The van der Waals surface area contributed by atoms with E-state index in [2.05, 4.69) is 14.9 Å². The van der Waals surface area contributed by atoms with Crippen molar-refractivity contribution in [1.82, 2.24) is 14.9 Å². The van der Waals surface area contributed by atoms with Crippen molar-refractivity contribution in [1.29, 1.82) is 0 Å². The molecule has 0 bridgehead atoms. The lowest BCUT2D eigenvalue weighted by molar-refractivity contribution is 0.176. The van der Waals surface area contributed by atoms with Crippen LogP contribution in [0.3, 0.4) is 0 Å². The molecule has 0 aromatic carbocycles. The molecule has 2 N–H and O–H groups in total. The first-order valence-corrected chi connectivity index (χ1v) is 8.70. The molecule has 5 nitrogen and oxygen atoms in total. The van der Waals surface area contributed by atoms with Gasteiger partial charge in [-0.25, -0.2) is 13.1 Å². The van der Waals surface area contributed by atoms with Crippen LogP contribution in [0.15, 0.2) is 0 Å². The zero-order valence-corrected chi connectivity index (χ0v) is 12.0. The molecule has 0 radical (unpaired) electrons. The number of nitrogens with one attached hydrogen (secondary N) is 2. The highest BCUT2D eigenvalue weighted by Gasteiger charge is 2.33. The van der Waals surface area contributed by atoms with Crippen LogP contribution in [0.1, 0.15) is 32.6 Å². The maximum atomic E-state index is 11.9. The van der Waals surface area contributed by atoms with E-state index in [4.69, 9.17) is 0 Å². The van der Waals surface area contributed by atoms with Crippen molar-refractivity contribution in [2.24, 2.45) is 0 Å². The fourth-order valence-electron chi connectivity index (χ4n) is 3.03. The molecule has 2 aliphatic rings. The minimum atomic E-state index is -3.11. The summed E-state index contributed by atoms with van der Waals surface area (Å²) in [5.41, 5.74) is 0. The average Bonchev–Trinajstić information content (AvgIpc) is 2.75. The lowest BCUT2D eigenvalue weighted by Gasteiger charge is -2.34. The zero-order valence-electron chi connectivity index (χ0n) is 11.2. The van der Waals surface area contributed by atoms with E-state index in [0.29, 0.717) is 12.6 Å². The molecule has 2 unspecified atom stereocenters. The predicted molar refractivity (Wildman–Crippen MR) is 73.1 cm³/mol. The highest BCUT2D eigenvalue weighted by molar-refractivity contribution is 7.89. The van der Waals surface area contributed by atoms with E-state index in [9.17, 15) is 8.42 Å². The van der Waals surface area contributed by atoms with E-state index < -0.39 is 10.0 Å². The third kappa shape index (κ3) is 3.91. The number of piperidine rings is 1. The summed E-state index contributed by atoms with van der Waals surface area (Å²) in [6.07, 6.45) is 4.44. The quantitative estimate of drug-likeness (QED) is 0.677. The Balaban J connectivity index is 1.78. The molecule has 0 aromatic heterocycles. The van der Waals surface area contributed by atoms with E-state index in [1.54, 1.807) is 0 Å². The molecule has 2 aliphatic heterocycles. The van der Waals surface area contributed by atoms with Gasteiger partial charge in [0.05, 0.1) is 5.75 Å². The summed E-state index contributed by atoms with van der Waals surface area (Å²) in [6, 6.07) is 0.760. The fourth-order valence-corrected chi connectivity index (χ4v) is 4.28. The van der Waals surface area contributed by atoms with Crippen LogP contribution in [0.25, 0.3) is 0 Å². The summed E-state index contributed by atoms with van der Waals surface area (Å²) >= 11 is 0. The highest BCUT2D eigenvalue weighted by atomic mass is 32.2. The Morgan fingerprint density at radius 3 is 2.89 bits per heavy atom. The number of fused-ring (bicyclic) bond motifs is 1. The first kappa shape index (κ1) is 14.2. The maximum Gasteiger partial charge on any atom is 0.213 e. The Bertz CT molecular complexity index is 358. The summed E-state index contributed by atoms with van der Waals surface area (Å²) in [7, 11) is -3.11. The summed E-state index contributed by atoms with van der Waals surface area (Å²) in [4.78, 5) is 2.50. The van der Waals surface area contributed by atoms with Crippen molar-refractivity contribution in [2.75, 3.05) is 31.9 Å². The lowest BCUT2D eigenvalue weighted by Crippen LogP contribution is -2.48. The van der Waals surface area contributed by atoms with Gasteiger partial charge in [0.1, 0.15) is 0 Å². The van der Waals surface area contributed by atoms with Crippen LogP contribution >= 0.6 is 0 Å². The number of hydrogen-bond acceptors (Lipinski definition) is 4. The van der Waals surface area contributed by atoms with Crippen molar-refractivity contribution >= 4 is 10.0 Å². The molecule has 0 aliphatic carbocycles. The lowest BCUT2D eigenvalue weighted by atomic mass is 9.99. The first-order valence-electron chi connectivity index (χ1n) is 7.05. The molecular weight excluding hydrogens is 250 g/mol. The summed E-state index contributed by atoms with van der Waals surface area (Å²) in [5.74, 6) is 0.186. The van der Waals surface area contributed by atoms with Gasteiger partial charge in [0.2, 0.25) is 10.0 Å². The van der Waals surface area contributed by atoms with Crippen molar-refractivity contribution in [2.45, 2.75) is 44.7 Å². The first-order chi connectivity index (χ1) is 8.61. The number of sulfonamides is 1. The molecule has 106 valence electrons. The van der Waals surface area contributed by atoms with Crippen molar-refractivity contribution in [3.63, 3.8) is 0 Å². The van der Waals surface area contributed by atoms with Gasteiger partial charge in [-0.1, -0.05) is 6.92 Å². The zero-order chi connectivity index (χ0) is 13.0. The van der Waals surface area contributed by atoms with E-state index >= 15 is 0 Å². The van der Waals surface area contributed by atoms with Crippen LogP contribution < -0.4 is 10.0 Å². The average molecular weight is 275 g/mol. The smallest absolute Gasteiger partial charge is 0.213 e. The number of nitrogens with zero attached hydrogens (tertiary/aromatic N) is 1. The molecule has 0 aromatic rings. The predicted octanol–water partition coefficient (Wildman–Crippen LogP) is 0.142. The molecular formula is C12H25N3O2S. The third-order valence-corrected chi connectivity index (χ3v) is 5.40. The minimum absolute atomic E-state index is 0.149. The topological polar surface area (TPSA) is 61.4 Å². The molecule has 18 heavy (non-hydrogen) atoms. The normalized spacial score (nSPS) is 29.4. The Morgan fingerprint density at radius 2 is 2.11 bits per heavy atom. The highest BCUT2D eigenvalue weighted by Crippen LogP contribution is 2.27. The van der Waals surface area contributed by atoms with Crippen LogP contribution in [-0.4, -0.2) is 57.3 Å². The monoisotopic (exact) mass is 275 g/mol.